The van der Waals surface area contributed by atoms with Gasteiger partial charge in [-0.1, -0.05) is 29.8 Å². The van der Waals surface area contributed by atoms with Gasteiger partial charge in [0.05, 0.1) is 60.6 Å². The smallest absolute Gasteiger partial charge is 0.308 e. The molecule has 2 amide bonds. The number of esters is 1. The minimum Gasteiger partial charge on any atom is -0.469 e. The lowest BCUT2D eigenvalue weighted by atomic mass is 9.87. The highest BCUT2D eigenvalue weighted by Crippen LogP contribution is 2.32. The number of hydrogen-bond acceptors (Lipinski definition) is 6. The van der Waals surface area contributed by atoms with E-state index in [4.69, 9.17) is 25.8 Å². The molecule has 1 N–H and O–H groups in total. The third-order valence-electron chi connectivity index (χ3n) is 8.52. The van der Waals surface area contributed by atoms with Crippen molar-refractivity contribution < 1.29 is 33.0 Å². The van der Waals surface area contributed by atoms with Crippen LogP contribution in [0.2, 0.25) is 5.02 Å². The normalized spacial score (nSPS) is 22.1. The Balaban J connectivity index is 1.22. The van der Waals surface area contributed by atoms with E-state index in [-0.39, 0.29) is 58.7 Å². The summed E-state index contributed by atoms with van der Waals surface area (Å²) >= 11 is 6.47. The second-order valence-electron chi connectivity index (χ2n) is 11.4. The zero-order chi connectivity index (χ0) is 30.7. The number of likely N-dealkylation sites (tertiary alicyclic amines) is 1. The zero-order valence-electron chi connectivity index (χ0n) is 24.6. The van der Waals surface area contributed by atoms with Gasteiger partial charge in [-0.3, -0.25) is 14.4 Å². The minimum absolute atomic E-state index is 0.0111. The summed E-state index contributed by atoms with van der Waals surface area (Å²) in [6.45, 7) is 0.710. The first-order valence-electron chi connectivity index (χ1n) is 14.5. The van der Waals surface area contributed by atoms with Gasteiger partial charge in [-0.25, -0.2) is 4.39 Å². The second kappa shape index (κ2) is 13.4. The number of hydrogen-bond donors (Lipinski definition) is 1. The topological polar surface area (TPSA) is 99.1 Å². The first kappa shape index (κ1) is 31.0. The van der Waals surface area contributed by atoms with Gasteiger partial charge in [0.2, 0.25) is 5.91 Å². The predicted molar refractivity (Wildman–Crippen MR) is 161 cm³/mol. The number of benzene rings is 2. The Morgan fingerprint density at radius 1 is 1.07 bits per heavy atom. The van der Waals surface area contributed by atoms with E-state index in [9.17, 15) is 14.4 Å². The van der Waals surface area contributed by atoms with Gasteiger partial charge in [0.15, 0.2) is 0 Å². The van der Waals surface area contributed by atoms with E-state index in [1.165, 1.54) is 13.2 Å². The Hall–Kier alpha value is -3.47. The number of rotatable bonds is 9. The van der Waals surface area contributed by atoms with Crippen LogP contribution in [0, 0.1) is 11.7 Å². The van der Waals surface area contributed by atoms with Crippen molar-refractivity contribution in [1.82, 2.24) is 9.47 Å². The molecule has 2 fully saturated rings. The number of nitrogens with zero attached hydrogens (tertiary/aromatic N) is 2. The summed E-state index contributed by atoms with van der Waals surface area (Å²) in [5.41, 5.74) is 1.60. The lowest BCUT2D eigenvalue weighted by Crippen LogP contribution is -2.39. The molecule has 0 unspecified atom stereocenters. The molecule has 11 heteroatoms. The van der Waals surface area contributed by atoms with E-state index < -0.39 is 11.7 Å². The summed E-state index contributed by atoms with van der Waals surface area (Å²) in [4.78, 5) is 40.0. The molecule has 230 valence electrons. The van der Waals surface area contributed by atoms with E-state index in [0.717, 1.165) is 29.8 Å². The maximum atomic E-state index is 15.3. The second-order valence-corrected chi connectivity index (χ2v) is 11.8. The van der Waals surface area contributed by atoms with Crippen LogP contribution in [0.3, 0.4) is 0 Å². The number of anilines is 1. The van der Waals surface area contributed by atoms with E-state index in [1.807, 2.05) is 35.9 Å². The molecule has 2 aliphatic rings. The molecule has 9 nitrogen and oxygen atoms in total. The maximum absolute atomic E-state index is 15.3. The molecule has 0 radical (unpaired) electrons. The number of carbonyl (C=O) groups is 3. The van der Waals surface area contributed by atoms with Crippen molar-refractivity contribution in [2.45, 2.75) is 56.8 Å². The van der Waals surface area contributed by atoms with Crippen molar-refractivity contribution in [3.63, 3.8) is 0 Å². The van der Waals surface area contributed by atoms with E-state index in [1.54, 1.807) is 18.2 Å². The molecule has 0 bridgehead atoms. The molecule has 2 atom stereocenters. The van der Waals surface area contributed by atoms with Gasteiger partial charge in [0.1, 0.15) is 5.82 Å². The molecule has 1 aromatic heterocycles. The number of amides is 2. The largest absolute Gasteiger partial charge is 0.469 e. The monoisotopic (exact) mass is 613 g/mol. The molecule has 1 aliphatic heterocycles. The fraction of sp³-hybridized carbons (Fsp3) is 0.469. The average Bonchev–Trinajstić information content (AvgIpc) is 3.56. The van der Waals surface area contributed by atoms with Gasteiger partial charge in [-0.05, 0) is 55.9 Å². The predicted octanol–water partition coefficient (Wildman–Crippen LogP) is 5.13. The average molecular weight is 614 g/mol. The highest BCUT2D eigenvalue weighted by molar-refractivity contribution is 6.34. The maximum Gasteiger partial charge on any atom is 0.308 e. The van der Waals surface area contributed by atoms with Crippen LogP contribution in [0.15, 0.2) is 42.6 Å². The standard InChI is InChI=1S/C32H37ClFN3O6/c1-36-17-25(24-6-4-5-7-29(24)36)31(39)35-28-15-27(34)20(12-26(28)33)13-30(38)37-16-23(14-21(37)18-41-2)43-22-10-8-19(9-11-22)32(40)42-3/h4-7,12,15,17,19,21-23H,8-11,13-14,16,18H2,1-3H3,(H,35,39)/t19-,21-,22-,23+/m0/s1. The van der Waals surface area contributed by atoms with Crippen LogP contribution in [0.5, 0.6) is 0 Å². The number of aromatic nitrogens is 1. The zero-order valence-corrected chi connectivity index (χ0v) is 25.4. The van der Waals surface area contributed by atoms with Gasteiger partial charge in [0.25, 0.3) is 5.91 Å². The lowest BCUT2D eigenvalue weighted by Gasteiger charge is -2.29. The number of nitrogens with one attached hydrogen (secondary N) is 1. The molecule has 43 heavy (non-hydrogen) atoms. The van der Waals surface area contributed by atoms with Gasteiger partial charge < -0.3 is 29.0 Å². The van der Waals surface area contributed by atoms with Crippen LogP contribution >= 0.6 is 11.6 Å². The van der Waals surface area contributed by atoms with Crippen LogP contribution in [-0.2, 0) is 37.3 Å². The third kappa shape index (κ3) is 6.87. The summed E-state index contributed by atoms with van der Waals surface area (Å²) in [5.74, 6) is -1.57. The lowest BCUT2D eigenvalue weighted by molar-refractivity contribution is -0.148. The van der Waals surface area contributed by atoms with Gasteiger partial charge in [-0.2, -0.15) is 0 Å². The number of halogens is 2. The molecular weight excluding hydrogens is 577 g/mol. The summed E-state index contributed by atoms with van der Waals surface area (Å²) < 4.78 is 33.7. The summed E-state index contributed by atoms with van der Waals surface area (Å²) in [6, 6.07) is 9.84. The van der Waals surface area contributed by atoms with Crippen LogP contribution in [0.25, 0.3) is 10.9 Å². The Morgan fingerprint density at radius 2 is 1.81 bits per heavy atom. The molecule has 1 saturated heterocycles. The summed E-state index contributed by atoms with van der Waals surface area (Å²) in [7, 11) is 4.83. The summed E-state index contributed by atoms with van der Waals surface area (Å²) in [6.07, 6.45) is 4.91. The quantitative estimate of drug-likeness (QED) is 0.336. The fourth-order valence-electron chi connectivity index (χ4n) is 6.30. The van der Waals surface area contributed by atoms with Crippen LogP contribution < -0.4 is 5.32 Å². The molecule has 3 aromatic rings. The molecule has 1 aliphatic carbocycles. The first-order chi connectivity index (χ1) is 20.7. The van der Waals surface area contributed by atoms with Gasteiger partial charge in [-0.15, -0.1) is 0 Å². The SMILES string of the molecule is COC[C@@H]1C[C@@H](O[C@H]2CC[C@H](C(=O)OC)CC2)CN1C(=O)Cc1cc(Cl)c(NC(=O)c2cn(C)c3ccccc23)cc1F. The van der Waals surface area contributed by atoms with E-state index >= 15 is 4.39 Å². The van der Waals surface area contributed by atoms with Gasteiger partial charge in [0, 0.05) is 37.8 Å². The summed E-state index contributed by atoms with van der Waals surface area (Å²) in [5, 5.41) is 3.62. The number of carbonyl (C=O) groups excluding carboxylic acids is 3. The van der Waals surface area contributed by atoms with Crippen molar-refractivity contribution >= 4 is 46.0 Å². The van der Waals surface area contributed by atoms with Crippen LogP contribution in [0.4, 0.5) is 10.1 Å². The molecule has 0 spiro atoms. The van der Waals surface area contributed by atoms with E-state index in [0.29, 0.717) is 38.0 Å². The highest BCUT2D eigenvalue weighted by Gasteiger charge is 2.38. The Labute approximate surface area is 255 Å². The van der Waals surface area contributed by atoms with Gasteiger partial charge >= 0.3 is 5.97 Å². The Kier molecular flexibility index (Phi) is 9.68. The molecule has 1 saturated carbocycles. The van der Waals surface area contributed by atoms with Crippen LogP contribution in [-0.4, -0.2) is 72.9 Å². The van der Waals surface area contributed by atoms with E-state index in [2.05, 4.69) is 5.32 Å². The number of para-hydroxylation sites is 1. The highest BCUT2D eigenvalue weighted by atomic mass is 35.5. The minimum atomic E-state index is -0.636. The van der Waals surface area contributed by atoms with Crippen molar-refractivity contribution in [3.8, 4) is 0 Å². The molecule has 2 heterocycles. The van der Waals surface area contributed by atoms with Crippen molar-refractivity contribution in [1.29, 1.82) is 0 Å². The van der Waals surface area contributed by atoms with Crippen molar-refractivity contribution in [3.05, 3.63) is 64.6 Å². The molecular formula is C32H37ClFN3O6. The van der Waals surface area contributed by atoms with Crippen molar-refractivity contribution in [2.75, 3.05) is 32.7 Å². The Morgan fingerprint density at radius 3 is 2.53 bits per heavy atom. The fourth-order valence-corrected chi connectivity index (χ4v) is 6.53. The number of aryl methyl sites for hydroxylation is 1. The van der Waals surface area contributed by atoms with Crippen LogP contribution in [0.1, 0.15) is 48.0 Å². The number of fused-ring (bicyclic) bond motifs is 1. The molecule has 5 rings (SSSR count). The first-order valence-corrected chi connectivity index (χ1v) is 14.9. The third-order valence-corrected chi connectivity index (χ3v) is 8.83. The number of methoxy groups -OCH3 is 2. The number of ether oxygens (including phenoxy) is 3. The Bertz CT molecular complexity index is 1500. The van der Waals surface area contributed by atoms with Crippen molar-refractivity contribution in [2.24, 2.45) is 13.0 Å². The molecule has 2 aromatic carbocycles.